The maximum absolute atomic E-state index is 12.3. The van der Waals surface area contributed by atoms with Crippen molar-refractivity contribution in [3.8, 4) is 5.75 Å². The van der Waals surface area contributed by atoms with Gasteiger partial charge in [-0.25, -0.2) is 0 Å². The van der Waals surface area contributed by atoms with Crippen molar-refractivity contribution < 1.29 is 9.53 Å². The number of carbonyl (C=O) groups is 1. The summed E-state index contributed by atoms with van der Waals surface area (Å²) in [5, 5.41) is 3.28. The maximum Gasteiger partial charge on any atom is 0.247 e. The minimum absolute atomic E-state index is 0.199. The molecule has 1 saturated carbocycles. The lowest BCUT2D eigenvalue weighted by Crippen LogP contribution is -2.47. The van der Waals surface area contributed by atoms with E-state index in [0.717, 1.165) is 75.5 Å². The van der Waals surface area contributed by atoms with Crippen molar-refractivity contribution in [1.29, 1.82) is 0 Å². The second-order valence-electron chi connectivity index (χ2n) is 9.13. The van der Waals surface area contributed by atoms with Gasteiger partial charge in [0.15, 0.2) is 0 Å². The zero-order chi connectivity index (χ0) is 20.8. The number of nitrogens with one attached hydrogen (secondary N) is 1. The predicted molar refractivity (Wildman–Crippen MR) is 122 cm³/mol. The lowest BCUT2D eigenvalue weighted by atomic mass is 9.84. The first-order valence-electron chi connectivity index (χ1n) is 11.8. The van der Waals surface area contributed by atoms with E-state index in [9.17, 15) is 4.79 Å². The number of carbonyl (C=O) groups excluding carboxylic acids is 1. The van der Waals surface area contributed by atoms with Crippen molar-refractivity contribution in [3.05, 3.63) is 35.9 Å². The number of ether oxygens (including phenoxy) is 1. The molecule has 0 atom stereocenters. The Morgan fingerprint density at radius 2 is 1.93 bits per heavy atom. The van der Waals surface area contributed by atoms with E-state index in [-0.39, 0.29) is 5.91 Å². The lowest BCUT2D eigenvalue weighted by molar-refractivity contribution is -0.118. The van der Waals surface area contributed by atoms with Crippen molar-refractivity contribution in [2.75, 3.05) is 44.7 Å². The van der Waals surface area contributed by atoms with Crippen LogP contribution in [0.15, 0.2) is 35.9 Å². The van der Waals surface area contributed by atoms with Crippen molar-refractivity contribution >= 4 is 11.6 Å². The molecule has 30 heavy (non-hydrogen) atoms. The largest absolute Gasteiger partial charge is 0.497 e. The summed E-state index contributed by atoms with van der Waals surface area (Å²) in [4.78, 5) is 17.4. The third kappa shape index (κ3) is 5.57. The molecule has 0 radical (unpaired) electrons. The van der Waals surface area contributed by atoms with E-state index in [1.807, 2.05) is 6.07 Å². The average Bonchev–Trinajstić information content (AvgIpc) is 3.34. The highest BCUT2D eigenvalue weighted by Crippen LogP contribution is 2.28. The van der Waals surface area contributed by atoms with Crippen LogP contribution in [0.2, 0.25) is 0 Å². The van der Waals surface area contributed by atoms with Crippen LogP contribution >= 0.6 is 0 Å². The quantitative estimate of drug-likeness (QED) is 0.737. The maximum atomic E-state index is 12.3. The smallest absolute Gasteiger partial charge is 0.247 e. The van der Waals surface area contributed by atoms with Gasteiger partial charge >= 0.3 is 0 Å². The SMILES string of the molecule is COc1cccc(N2CCN(CC[C@H]3CC[C@H](NC(=O)C4=CCCC4)CC3)CC2)c1. The van der Waals surface area contributed by atoms with Gasteiger partial charge in [-0.3, -0.25) is 9.69 Å². The van der Waals surface area contributed by atoms with Crippen molar-refractivity contribution in [1.82, 2.24) is 10.2 Å². The van der Waals surface area contributed by atoms with Crippen LogP contribution in [0.4, 0.5) is 5.69 Å². The molecular weight excluding hydrogens is 374 g/mol. The number of piperazine rings is 1. The summed E-state index contributed by atoms with van der Waals surface area (Å²) in [6.07, 6.45) is 11.4. The third-order valence-electron chi connectivity index (χ3n) is 7.16. The summed E-state index contributed by atoms with van der Waals surface area (Å²) in [5.41, 5.74) is 2.29. The van der Waals surface area contributed by atoms with Gasteiger partial charge in [-0.1, -0.05) is 12.1 Å². The minimum atomic E-state index is 0.199. The van der Waals surface area contributed by atoms with Gasteiger partial charge in [0.2, 0.25) is 5.91 Å². The molecule has 0 spiro atoms. The van der Waals surface area contributed by atoms with Crippen LogP contribution in [0.3, 0.4) is 0 Å². The van der Waals surface area contributed by atoms with Gasteiger partial charge in [0.05, 0.1) is 7.11 Å². The van der Waals surface area contributed by atoms with Crippen LogP contribution < -0.4 is 15.0 Å². The summed E-state index contributed by atoms with van der Waals surface area (Å²) in [7, 11) is 1.73. The van der Waals surface area contributed by atoms with E-state index in [1.165, 1.54) is 31.5 Å². The monoisotopic (exact) mass is 411 g/mol. The summed E-state index contributed by atoms with van der Waals surface area (Å²) in [6.45, 7) is 5.65. The van der Waals surface area contributed by atoms with Gasteiger partial charge in [0, 0.05) is 49.5 Å². The molecule has 1 aliphatic heterocycles. The first-order chi connectivity index (χ1) is 14.7. The average molecular weight is 412 g/mol. The molecule has 5 heteroatoms. The molecule has 1 amide bonds. The Kier molecular flexibility index (Phi) is 7.32. The fourth-order valence-corrected chi connectivity index (χ4v) is 5.15. The number of rotatable bonds is 7. The van der Waals surface area contributed by atoms with Gasteiger partial charge in [0.1, 0.15) is 5.75 Å². The van der Waals surface area contributed by atoms with Crippen molar-refractivity contribution in [3.63, 3.8) is 0 Å². The number of nitrogens with zero attached hydrogens (tertiary/aromatic N) is 2. The van der Waals surface area contributed by atoms with Crippen molar-refractivity contribution in [2.45, 2.75) is 57.4 Å². The van der Waals surface area contributed by atoms with Crippen LogP contribution in [0.25, 0.3) is 0 Å². The molecule has 1 N–H and O–H groups in total. The Hall–Kier alpha value is -2.01. The highest BCUT2D eigenvalue weighted by atomic mass is 16.5. The molecule has 2 fully saturated rings. The second kappa shape index (κ2) is 10.3. The van der Waals surface area contributed by atoms with E-state index in [1.54, 1.807) is 7.11 Å². The summed E-state index contributed by atoms with van der Waals surface area (Å²) in [6, 6.07) is 8.78. The highest BCUT2D eigenvalue weighted by Gasteiger charge is 2.25. The van der Waals surface area contributed by atoms with Gasteiger partial charge in [0.25, 0.3) is 0 Å². The number of anilines is 1. The Morgan fingerprint density at radius 1 is 1.13 bits per heavy atom. The Morgan fingerprint density at radius 3 is 2.63 bits per heavy atom. The van der Waals surface area contributed by atoms with Crippen LogP contribution in [-0.4, -0.2) is 56.7 Å². The van der Waals surface area contributed by atoms with Crippen LogP contribution in [0, 0.1) is 5.92 Å². The fraction of sp³-hybridized carbons (Fsp3) is 0.640. The Bertz CT molecular complexity index is 732. The first kappa shape index (κ1) is 21.2. The molecule has 5 nitrogen and oxygen atoms in total. The molecule has 0 aromatic heterocycles. The van der Waals surface area contributed by atoms with Gasteiger partial charge in [-0.15, -0.1) is 0 Å². The predicted octanol–water partition coefficient (Wildman–Crippen LogP) is 3.99. The summed E-state index contributed by atoms with van der Waals surface area (Å²) in [5.74, 6) is 1.95. The summed E-state index contributed by atoms with van der Waals surface area (Å²) < 4.78 is 5.36. The van der Waals surface area contributed by atoms with Crippen LogP contribution in [0.1, 0.15) is 51.4 Å². The van der Waals surface area contributed by atoms with Gasteiger partial charge < -0.3 is 15.0 Å². The molecule has 1 saturated heterocycles. The van der Waals surface area contributed by atoms with E-state index in [2.05, 4.69) is 39.4 Å². The molecule has 2 aliphatic carbocycles. The summed E-state index contributed by atoms with van der Waals surface area (Å²) >= 11 is 0. The number of amides is 1. The lowest BCUT2D eigenvalue weighted by Gasteiger charge is -2.37. The molecule has 0 unspecified atom stereocenters. The van der Waals surface area contributed by atoms with Gasteiger partial charge in [-0.05, 0) is 76.0 Å². The molecule has 4 rings (SSSR count). The normalized spacial score (nSPS) is 25.1. The zero-order valence-corrected chi connectivity index (χ0v) is 18.4. The van der Waals surface area contributed by atoms with E-state index in [4.69, 9.17) is 4.74 Å². The molecule has 0 bridgehead atoms. The number of methoxy groups -OCH3 is 1. The Labute approximate surface area is 181 Å². The fourth-order valence-electron chi connectivity index (χ4n) is 5.15. The van der Waals surface area contributed by atoms with Crippen molar-refractivity contribution in [2.24, 2.45) is 5.92 Å². The number of hydrogen-bond donors (Lipinski definition) is 1. The molecule has 1 heterocycles. The first-order valence-corrected chi connectivity index (χ1v) is 11.8. The molecule has 3 aliphatic rings. The Balaban J connectivity index is 1.13. The minimum Gasteiger partial charge on any atom is -0.497 e. The zero-order valence-electron chi connectivity index (χ0n) is 18.4. The topological polar surface area (TPSA) is 44.8 Å². The van der Waals surface area contributed by atoms with E-state index in [0.29, 0.717) is 6.04 Å². The number of allylic oxidation sites excluding steroid dienone is 1. The van der Waals surface area contributed by atoms with E-state index >= 15 is 0 Å². The highest BCUT2D eigenvalue weighted by molar-refractivity contribution is 5.93. The third-order valence-corrected chi connectivity index (χ3v) is 7.16. The van der Waals surface area contributed by atoms with Gasteiger partial charge in [-0.2, -0.15) is 0 Å². The molecule has 1 aromatic rings. The molecule has 164 valence electrons. The molecular formula is C25H37N3O2. The molecule has 1 aromatic carbocycles. The van der Waals surface area contributed by atoms with Crippen LogP contribution in [-0.2, 0) is 4.79 Å². The second-order valence-corrected chi connectivity index (χ2v) is 9.13. The standard InChI is InChI=1S/C25H37N3O2/c1-30-24-8-4-7-23(19-24)28-17-15-27(16-18-28)14-13-20-9-11-22(12-10-20)26-25(29)21-5-2-3-6-21/h4-5,7-8,19-20,22H,2-3,6,9-18H2,1H3,(H,26,29)/t20-,22-. The number of benzene rings is 1. The van der Waals surface area contributed by atoms with E-state index < -0.39 is 0 Å². The van der Waals surface area contributed by atoms with Crippen LogP contribution in [0.5, 0.6) is 5.75 Å². The number of hydrogen-bond acceptors (Lipinski definition) is 4.